The lowest BCUT2D eigenvalue weighted by atomic mass is 10.1. The summed E-state index contributed by atoms with van der Waals surface area (Å²) in [5.41, 5.74) is 1.78. The number of phenolic OH excluding ortho intramolecular Hbond substituents is 1. The van der Waals surface area contributed by atoms with E-state index in [9.17, 15) is 9.59 Å². The number of benzene rings is 2. The molecule has 0 saturated carbocycles. The number of methoxy groups -OCH3 is 2. The summed E-state index contributed by atoms with van der Waals surface area (Å²) in [6.07, 6.45) is 4.89. The number of phenols is 1. The molecular weight excluding hydrogens is 500 g/mol. The molecule has 2 aliphatic rings. The first-order valence-electron chi connectivity index (χ1n) is 13.4. The van der Waals surface area contributed by atoms with Crippen molar-refractivity contribution in [2.24, 2.45) is 0 Å². The van der Waals surface area contributed by atoms with Gasteiger partial charge in [-0.2, -0.15) is 0 Å². The van der Waals surface area contributed by atoms with Crippen molar-refractivity contribution in [1.29, 1.82) is 0 Å². The highest BCUT2D eigenvalue weighted by Crippen LogP contribution is 2.19. The Hall–Kier alpha value is -3.14. The van der Waals surface area contributed by atoms with Crippen LogP contribution in [0.25, 0.3) is 0 Å². The molecular formula is C30H44N2O7. The molecule has 2 fully saturated rings. The van der Waals surface area contributed by atoms with E-state index in [0.717, 1.165) is 68.7 Å². The summed E-state index contributed by atoms with van der Waals surface area (Å²) < 4.78 is 15.1. The van der Waals surface area contributed by atoms with Gasteiger partial charge < -0.3 is 34.2 Å². The lowest BCUT2D eigenvalue weighted by molar-refractivity contribution is -0.140. The van der Waals surface area contributed by atoms with Crippen molar-refractivity contribution in [1.82, 2.24) is 9.80 Å². The summed E-state index contributed by atoms with van der Waals surface area (Å²) >= 11 is 0. The molecule has 216 valence electrons. The summed E-state index contributed by atoms with van der Waals surface area (Å²) in [6, 6.07) is 14.1. The molecule has 2 N–H and O–H groups in total. The first-order valence-corrected chi connectivity index (χ1v) is 13.4. The Morgan fingerprint density at radius 1 is 0.744 bits per heavy atom. The van der Waals surface area contributed by atoms with Crippen LogP contribution in [-0.4, -0.2) is 98.7 Å². The minimum absolute atomic E-state index is 0.0220. The highest BCUT2D eigenvalue weighted by atomic mass is 16.5. The van der Waals surface area contributed by atoms with Crippen molar-refractivity contribution in [3.05, 3.63) is 59.7 Å². The molecule has 39 heavy (non-hydrogen) atoms. The predicted octanol–water partition coefficient (Wildman–Crippen LogP) is 3.06. The predicted molar refractivity (Wildman–Crippen MR) is 150 cm³/mol. The van der Waals surface area contributed by atoms with Gasteiger partial charge in [-0.15, -0.1) is 0 Å². The molecule has 2 aliphatic heterocycles. The van der Waals surface area contributed by atoms with E-state index < -0.39 is 0 Å². The number of aliphatic hydroxyl groups is 1. The fraction of sp³-hybridized carbons (Fsp3) is 0.533. The van der Waals surface area contributed by atoms with E-state index in [1.165, 1.54) is 26.4 Å². The molecule has 9 nitrogen and oxygen atoms in total. The van der Waals surface area contributed by atoms with Crippen LogP contribution in [0.4, 0.5) is 0 Å². The molecule has 9 heteroatoms. The maximum Gasteiger partial charge on any atom is 0.309 e. The van der Waals surface area contributed by atoms with E-state index in [-0.39, 0.29) is 30.2 Å². The van der Waals surface area contributed by atoms with Crippen LogP contribution < -0.4 is 4.74 Å². The average Bonchev–Trinajstić information content (AvgIpc) is 2.94. The van der Waals surface area contributed by atoms with Crippen LogP contribution >= 0.6 is 0 Å². The van der Waals surface area contributed by atoms with Gasteiger partial charge in [-0.25, -0.2) is 0 Å². The Labute approximate surface area is 232 Å². The monoisotopic (exact) mass is 544 g/mol. The number of hydrogen-bond donors (Lipinski definition) is 2. The van der Waals surface area contributed by atoms with Gasteiger partial charge >= 0.3 is 11.9 Å². The number of aliphatic hydroxyl groups excluding tert-OH is 1. The van der Waals surface area contributed by atoms with Crippen LogP contribution in [0.5, 0.6) is 11.5 Å². The number of hydrogen-bond acceptors (Lipinski definition) is 9. The van der Waals surface area contributed by atoms with Gasteiger partial charge in [0.15, 0.2) is 0 Å². The molecule has 0 atom stereocenters. The molecule has 0 unspecified atom stereocenters. The number of likely N-dealkylation sites (tertiary alicyclic amines) is 2. The van der Waals surface area contributed by atoms with Crippen molar-refractivity contribution < 1.29 is 34.0 Å². The smallest absolute Gasteiger partial charge is 0.309 e. The van der Waals surface area contributed by atoms with Gasteiger partial charge in [0.1, 0.15) is 17.6 Å². The second-order valence-electron chi connectivity index (χ2n) is 9.97. The molecule has 2 heterocycles. The van der Waals surface area contributed by atoms with Crippen molar-refractivity contribution >= 4 is 11.9 Å². The Morgan fingerprint density at radius 3 is 1.56 bits per heavy atom. The summed E-state index contributed by atoms with van der Waals surface area (Å²) in [6.45, 7) is 4.29. The third kappa shape index (κ3) is 13.5. The SMILES string of the molecule is CN1CCC(O)CC1.COC(=O)Cc1ccc(O)cc1.COC(=O)Cc1ccc(OC2CCN(C)CC2)cc1. The quantitative estimate of drug-likeness (QED) is 0.531. The lowest BCUT2D eigenvalue weighted by Crippen LogP contribution is -2.35. The number of rotatable bonds is 6. The summed E-state index contributed by atoms with van der Waals surface area (Å²) in [5, 5.41) is 17.9. The second-order valence-corrected chi connectivity index (χ2v) is 9.97. The highest BCUT2D eigenvalue weighted by Gasteiger charge is 2.18. The molecule has 4 rings (SSSR count). The molecule has 0 aliphatic carbocycles. The standard InChI is InChI=1S/C15H21NO3.C9H10O3.C6H13NO/c1-16-9-7-14(8-10-16)19-13-5-3-12(4-6-13)11-15(17)18-2;1-12-9(11)6-7-2-4-8(10)5-3-7;1-7-4-2-6(8)3-5-7/h3-6,14H,7-11H2,1-2H3;2-5,10H,6H2,1H3;6,8H,2-5H2,1H3. The van der Waals surface area contributed by atoms with Crippen LogP contribution in [-0.2, 0) is 31.9 Å². The third-order valence-corrected chi connectivity index (χ3v) is 6.67. The largest absolute Gasteiger partial charge is 0.508 e. The number of esters is 2. The molecule has 0 radical (unpaired) electrons. The van der Waals surface area contributed by atoms with Gasteiger partial charge in [0, 0.05) is 26.2 Å². The normalized spacial score (nSPS) is 16.6. The minimum atomic E-state index is -0.277. The zero-order chi connectivity index (χ0) is 28.6. The van der Waals surface area contributed by atoms with Crippen LogP contribution in [0, 0.1) is 0 Å². The number of carbonyl (C=O) groups is 2. The van der Waals surface area contributed by atoms with E-state index in [2.05, 4.69) is 33.4 Å². The van der Waals surface area contributed by atoms with Gasteiger partial charge in [0.05, 0.1) is 33.2 Å². The fourth-order valence-corrected chi connectivity index (χ4v) is 4.07. The van der Waals surface area contributed by atoms with Crippen LogP contribution in [0.3, 0.4) is 0 Å². The molecule has 0 bridgehead atoms. The maximum absolute atomic E-state index is 11.2. The number of aromatic hydroxyl groups is 1. The van der Waals surface area contributed by atoms with Crippen LogP contribution in [0.1, 0.15) is 36.8 Å². The van der Waals surface area contributed by atoms with Gasteiger partial charge in [0.25, 0.3) is 0 Å². The number of nitrogens with zero attached hydrogens (tertiary/aromatic N) is 2. The summed E-state index contributed by atoms with van der Waals surface area (Å²) in [4.78, 5) is 26.5. The molecule has 0 amide bonds. The lowest BCUT2D eigenvalue weighted by Gasteiger charge is -2.29. The fourth-order valence-electron chi connectivity index (χ4n) is 4.07. The maximum atomic E-state index is 11.2. The first kappa shape index (κ1) is 32.1. The number of piperidine rings is 2. The third-order valence-electron chi connectivity index (χ3n) is 6.67. The Morgan fingerprint density at radius 2 is 1.15 bits per heavy atom. The molecule has 2 saturated heterocycles. The van der Waals surface area contributed by atoms with Gasteiger partial charge in [-0.1, -0.05) is 24.3 Å². The Balaban J connectivity index is 0.000000227. The van der Waals surface area contributed by atoms with Crippen molar-refractivity contribution in [3.63, 3.8) is 0 Å². The van der Waals surface area contributed by atoms with Crippen LogP contribution in [0.15, 0.2) is 48.5 Å². The van der Waals surface area contributed by atoms with Crippen molar-refractivity contribution in [2.75, 3.05) is 54.5 Å². The Kier molecular flexibility index (Phi) is 14.3. The van der Waals surface area contributed by atoms with Crippen LogP contribution in [0.2, 0.25) is 0 Å². The Bertz CT molecular complexity index is 956. The van der Waals surface area contributed by atoms with E-state index in [1.54, 1.807) is 12.1 Å². The number of carbonyl (C=O) groups excluding carboxylic acids is 2. The summed E-state index contributed by atoms with van der Waals surface area (Å²) in [7, 11) is 6.98. The summed E-state index contributed by atoms with van der Waals surface area (Å²) in [5.74, 6) is 0.580. The zero-order valence-electron chi connectivity index (χ0n) is 23.7. The molecule has 0 spiro atoms. The molecule has 2 aromatic carbocycles. The first-order chi connectivity index (χ1) is 18.7. The molecule has 2 aromatic rings. The van der Waals surface area contributed by atoms with Gasteiger partial charge in [-0.3, -0.25) is 9.59 Å². The second kappa shape index (κ2) is 17.4. The van der Waals surface area contributed by atoms with E-state index in [1.807, 2.05) is 24.3 Å². The van der Waals surface area contributed by atoms with Crippen molar-refractivity contribution in [2.45, 2.75) is 50.7 Å². The van der Waals surface area contributed by atoms with E-state index in [4.69, 9.17) is 14.9 Å². The van der Waals surface area contributed by atoms with Gasteiger partial charge in [0.2, 0.25) is 0 Å². The topological polar surface area (TPSA) is 109 Å². The highest BCUT2D eigenvalue weighted by molar-refractivity contribution is 5.72. The number of ether oxygens (including phenoxy) is 3. The zero-order valence-corrected chi connectivity index (χ0v) is 23.7. The van der Waals surface area contributed by atoms with E-state index in [0.29, 0.717) is 12.5 Å². The van der Waals surface area contributed by atoms with E-state index >= 15 is 0 Å². The minimum Gasteiger partial charge on any atom is -0.508 e. The van der Waals surface area contributed by atoms with Crippen molar-refractivity contribution in [3.8, 4) is 11.5 Å². The molecule has 0 aromatic heterocycles. The average molecular weight is 545 g/mol. The van der Waals surface area contributed by atoms with Gasteiger partial charge in [-0.05, 0) is 75.2 Å².